The second kappa shape index (κ2) is 17.0. The van der Waals surface area contributed by atoms with Crippen LogP contribution >= 0.6 is 7.82 Å². The number of imidazole rings is 1. The van der Waals surface area contributed by atoms with Crippen molar-refractivity contribution in [1.29, 1.82) is 0 Å². The van der Waals surface area contributed by atoms with Crippen LogP contribution in [0.1, 0.15) is 26.9 Å². The van der Waals surface area contributed by atoms with Gasteiger partial charge in [0.2, 0.25) is 5.95 Å². The van der Waals surface area contributed by atoms with E-state index in [0.29, 0.717) is 4.90 Å². The first-order chi connectivity index (χ1) is 27.2. The van der Waals surface area contributed by atoms with Crippen molar-refractivity contribution in [1.82, 2.24) is 24.4 Å². The molecule has 57 heavy (non-hydrogen) atoms. The number of phosphoric acid groups is 1. The normalized spacial score (nSPS) is 25.3. The molecule has 302 valence electrons. The molecule has 4 heterocycles. The average molecular weight is 814 g/mol. The van der Waals surface area contributed by atoms with E-state index < -0.39 is 99.6 Å². The summed E-state index contributed by atoms with van der Waals surface area (Å²) in [5.74, 6) is -2.79. The molecular formula is C33H36N9O14P. The van der Waals surface area contributed by atoms with E-state index in [4.69, 9.17) is 45.2 Å². The quantitative estimate of drug-likeness (QED) is 0.0386. The zero-order valence-corrected chi connectivity index (χ0v) is 30.3. The number of hydrogen-bond donors (Lipinski definition) is 7. The summed E-state index contributed by atoms with van der Waals surface area (Å²) in [4.78, 5) is 77.3. The number of rotatable bonds is 13. The fraction of sp³-hybridized carbons (Fsp3) is 0.303. The number of ether oxygens (including phenoxy) is 4. The standard InChI is InChI=1S/C33H36N9O14P/c1-2-41(33(48)40-31(34)35)28-24(55-30(47)17-11-7-4-8-12-17)22(18(13-43)52-28)56-57(49,50)51-14-19-21(44)23(54-29(46)16-9-5-3-6-10-16)27(53-19)42-15-37-20-25(42)38-32(36)39-26(20)45/h2-12,15,18-19,21-24,27-28,43-44H,1,13-14H2,(H,49,50)(H4,34,35,40,48)(H3,36,38,39,45)/t18-,19-,21+,22+,23?,24?,27-,28-/m1/s1. The molecule has 0 radical (unpaired) electrons. The first kappa shape index (κ1) is 40.6. The van der Waals surface area contributed by atoms with E-state index in [0.717, 1.165) is 12.5 Å². The van der Waals surface area contributed by atoms with E-state index in [1.54, 1.807) is 24.3 Å². The third-order valence-electron chi connectivity index (χ3n) is 8.58. The number of hydrogen-bond acceptors (Lipinski definition) is 16. The van der Waals surface area contributed by atoms with E-state index in [2.05, 4.69) is 26.5 Å². The zero-order chi connectivity index (χ0) is 41.0. The predicted octanol–water partition coefficient (Wildman–Crippen LogP) is -0.530. The molecular weight excluding hydrogens is 777 g/mol. The number of anilines is 1. The lowest BCUT2D eigenvalue weighted by atomic mass is 10.1. The molecule has 24 heteroatoms. The van der Waals surface area contributed by atoms with E-state index in [-0.39, 0.29) is 28.2 Å². The number of carbonyl (C=O) groups excluding carboxylic acids is 3. The molecule has 2 amide bonds. The Hall–Kier alpha value is -6.04. The molecule has 4 aromatic rings. The summed E-state index contributed by atoms with van der Waals surface area (Å²) >= 11 is 0. The molecule has 0 bridgehead atoms. The van der Waals surface area contributed by atoms with Crippen LogP contribution < -0.4 is 22.8 Å². The third-order valence-corrected chi connectivity index (χ3v) is 9.57. The maximum Gasteiger partial charge on any atom is 0.472 e. The van der Waals surface area contributed by atoms with Crippen molar-refractivity contribution in [3.05, 3.63) is 101 Å². The summed E-state index contributed by atoms with van der Waals surface area (Å²) in [6.45, 7) is 1.72. The number of esters is 2. The number of benzene rings is 2. The van der Waals surface area contributed by atoms with Crippen molar-refractivity contribution >= 4 is 48.9 Å². The summed E-state index contributed by atoms with van der Waals surface area (Å²) in [5.41, 5.74) is 15.6. The molecule has 23 nitrogen and oxygen atoms in total. The average Bonchev–Trinajstić information content (AvgIpc) is 3.84. The van der Waals surface area contributed by atoms with Gasteiger partial charge in [0.1, 0.15) is 24.4 Å². The second-order valence-electron chi connectivity index (χ2n) is 12.3. The van der Waals surface area contributed by atoms with Gasteiger partial charge in [-0.15, -0.1) is 0 Å². The molecule has 3 unspecified atom stereocenters. The van der Waals surface area contributed by atoms with Gasteiger partial charge < -0.3 is 51.3 Å². The Balaban J connectivity index is 1.25. The number of aliphatic hydroxyl groups is 2. The molecule has 0 aliphatic carbocycles. The maximum absolute atomic E-state index is 13.6. The summed E-state index contributed by atoms with van der Waals surface area (Å²) < 4.78 is 48.4. The molecule has 0 saturated carbocycles. The number of urea groups is 1. The number of amides is 2. The third kappa shape index (κ3) is 8.85. The Kier molecular flexibility index (Phi) is 12.1. The van der Waals surface area contributed by atoms with Gasteiger partial charge in [0.25, 0.3) is 5.56 Å². The number of fused-ring (bicyclic) bond motifs is 1. The second-order valence-corrected chi connectivity index (χ2v) is 13.7. The number of aliphatic imine (C=N–C) groups is 1. The number of nitrogens with zero attached hydrogens (tertiary/aromatic N) is 5. The van der Waals surface area contributed by atoms with Crippen LogP contribution in [-0.2, 0) is 32.6 Å². The summed E-state index contributed by atoms with van der Waals surface area (Å²) in [7, 11) is -5.33. The largest absolute Gasteiger partial charge is 0.472 e. The van der Waals surface area contributed by atoms with Crippen molar-refractivity contribution < 1.29 is 62.1 Å². The first-order valence-corrected chi connectivity index (χ1v) is 18.2. The van der Waals surface area contributed by atoms with Gasteiger partial charge >= 0.3 is 25.8 Å². The number of nitrogen functional groups attached to an aromatic ring is 1. The molecule has 2 aliphatic heterocycles. The van der Waals surface area contributed by atoms with E-state index in [1.165, 1.54) is 41.0 Å². The van der Waals surface area contributed by atoms with Gasteiger partial charge in [-0.1, -0.05) is 43.0 Å². The van der Waals surface area contributed by atoms with Crippen LogP contribution in [0.5, 0.6) is 0 Å². The van der Waals surface area contributed by atoms with Gasteiger partial charge in [-0.25, -0.2) is 23.9 Å². The van der Waals surface area contributed by atoms with Crippen LogP contribution in [0.3, 0.4) is 0 Å². The highest BCUT2D eigenvalue weighted by atomic mass is 31.2. The molecule has 2 aromatic heterocycles. The number of nitrogens with two attached hydrogens (primary N) is 3. The van der Waals surface area contributed by atoms with Gasteiger partial charge in [-0.2, -0.15) is 9.98 Å². The summed E-state index contributed by atoms with van der Waals surface area (Å²) in [6.07, 6.45) is -11.0. The molecule has 0 spiro atoms. The molecule has 6 rings (SSSR count). The van der Waals surface area contributed by atoms with Crippen LogP contribution in [0.25, 0.3) is 11.2 Å². The van der Waals surface area contributed by atoms with Gasteiger partial charge in [0, 0.05) is 6.20 Å². The topological polar surface area (TPSA) is 342 Å². The highest BCUT2D eigenvalue weighted by Crippen LogP contribution is 2.49. The Morgan fingerprint density at radius 2 is 1.61 bits per heavy atom. The molecule has 10 N–H and O–H groups in total. The van der Waals surface area contributed by atoms with Crippen LogP contribution in [-0.4, -0.2) is 120 Å². The van der Waals surface area contributed by atoms with Gasteiger partial charge in [0.05, 0.1) is 30.7 Å². The Morgan fingerprint density at radius 1 is 1.00 bits per heavy atom. The van der Waals surface area contributed by atoms with Gasteiger partial charge in [0.15, 0.2) is 41.8 Å². The lowest BCUT2D eigenvalue weighted by Gasteiger charge is -2.29. The minimum Gasteiger partial charge on any atom is -0.451 e. The smallest absolute Gasteiger partial charge is 0.451 e. The highest BCUT2D eigenvalue weighted by Gasteiger charge is 2.54. The number of H-pyrrole nitrogens is 1. The zero-order valence-electron chi connectivity index (χ0n) is 29.4. The van der Waals surface area contributed by atoms with Crippen LogP contribution in [0.15, 0.2) is 89.6 Å². The van der Waals surface area contributed by atoms with Crippen LogP contribution in [0.2, 0.25) is 0 Å². The predicted molar refractivity (Wildman–Crippen MR) is 193 cm³/mol. The Labute approximate surface area is 320 Å². The molecule has 2 aliphatic rings. The number of aliphatic hydroxyl groups excluding tert-OH is 2. The lowest BCUT2D eigenvalue weighted by molar-refractivity contribution is -0.0687. The van der Waals surface area contributed by atoms with Crippen LogP contribution in [0.4, 0.5) is 10.7 Å². The lowest BCUT2D eigenvalue weighted by Crippen LogP contribution is -2.47. The van der Waals surface area contributed by atoms with Crippen molar-refractivity contribution in [3.63, 3.8) is 0 Å². The van der Waals surface area contributed by atoms with Crippen LogP contribution in [0, 0.1) is 0 Å². The number of guanidine groups is 1. The fourth-order valence-electron chi connectivity index (χ4n) is 6.01. The minimum absolute atomic E-state index is 0.0317. The Bertz CT molecular complexity index is 2250. The van der Waals surface area contributed by atoms with Gasteiger partial charge in [-0.3, -0.25) is 28.3 Å². The van der Waals surface area contributed by atoms with E-state index in [1.807, 2.05) is 0 Å². The number of nitrogens with one attached hydrogen (secondary N) is 1. The SMILES string of the molecule is C=CN(C(=O)N=C(N)N)[C@@H]1O[C@H](CO)[C@H](OP(=O)(O)OC[C@H]2O[C@@H](n3cnc4c(=O)[nH]c(N)nc43)C(OC(=O)c3ccccc3)[C@H]2O)C1OC(=O)c1ccccc1. The number of aromatic nitrogens is 4. The fourth-order valence-corrected chi connectivity index (χ4v) is 6.97. The van der Waals surface area contributed by atoms with Crippen molar-refractivity contribution in [2.75, 3.05) is 18.9 Å². The molecule has 2 saturated heterocycles. The molecule has 2 fully saturated rings. The highest BCUT2D eigenvalue weighted by molar-refractivity contribution is 7.47. The number of phosphoric ester groups is 1. The number of carbonyl (C=O) groups is 3. The van der Waals surface area contributed by atoms with Gasteiger partial charge in [-0.05, 0) is 24.3 Å². The Morgan fingerprint density at radius 3 is 2.19 bits per heavy atom. The monoisotopic (exact) mass is 813 g/mol. The molecule has 2 aromatic carbocycles. The van der Waals surface area contributed by atoms with E-state index >= 15 is 0 Å². The minimum atomic E-state index is -5.33. The van der Waals surface area contributed by atoms with Crippen molar-refractivity contribution in [2.24, 2.45) is 16.5 Å². The van der Waals surface area contributed by atoms with Crippen molar-refractivity contribution in [2.45, 2.75) is 49.1 Å². The van der Waals surface area contributed by atoms with E-state index in [9.17, 15) is 38.8 Å². The maximum atomic E-state index is 13.6. The first-order valence-electron chi connectivity index (χ1n) is 16.8. The number of aromatic amines is 1. The molecule has 9 atom stereocenters. The van der Waals surface area contributed by atoms with Crippen molar-refractivity contribution in [3.8, 4) is 0 Å². The summed E-state index contributed by atoms with van der Waals surface area (Å²) in [5, 5.41) is 21.6. The summed E-state index contributed by atoms with van der Waals surface area (Å²) in [6, 6.07) is 14.1.